The molecular formula is C17H12O3. The second-order valence-electron chi connectivity index (χ2n) is 4.95. The Hall–Kier alpha value is -2.55. The van der Waals surface area contributed by atoms with Crippen molar-refractivity contribution in [2.75, 3.05) is 6.79 Å². The van der Waals surface area contributed by atoms with E-state index in [0.717, 1.165) is 28.0 Å². The van der Waals surface area contributed by atoms with Crippen molar-refractivity contribution >= 4 is 11.9 Å². The van der Waals surface area contributed by atoms with Crippen molar-refractivity contribution in [3.63, 3.8) is 0 Å². The second kappa shape index (κ2) is 4.23. The van der Waals surface area contributed by atoms with Gasteiger partial charge in [-0.05, 0) is 29.3 Å². The fourth-order valence-electron chi connectivity index (χ4n) is 2.67. The highest BCUT2D eigenvalue weighted by Crippen LogP contribution is 2.39. The lowest BCUT2D eigenvalue weighted by Crippen LogP contribution is -1.96. The van der Waals surface area contributed by atoms with E-state index in [2.05, 4.69) is 0 Å². The highest BCUT2D eigenvalue weighted by Gasteiger charge is 2.28. The highest BCUT2D eigenvalue weighted by molar-refractivity contribution is 6.15. The highest BCUT2D eigenvalue weighted by atomic mass is 16.7. The molecule has 2 aromatic carbocycles. The summed E-state index contributed by atoms with van der Waals surface area (Å²) in [5.41, 5.74) is 3.61. The van der Waals surface area contributed by atoms with E-state index in [1.54, 1.807) is 6.07 Å². The van der Waals surface area contributed by atoms with Crippen molar-refractivity contribution in [3.8, 4) is 11.5 Å². The summed E-state index contributed by atoms with van der Waals surface area (Å²) in [6.07, 6.45) is 2.61. The Morgan fingerprint density at radius 3 is 2.55 bits per heavy atom. The van der Waals surface area contributed by atoms with Crippen molar-refractivity contribution in [2.45, 2.75) is 6.42 Å². The predicted octanol–water partition coefficient (Wildman–Crippen LogP) is 3.24. The van der Waals surface area contributed by atoms with Gasteiger partial charge in [0.05, 0.1) is 0 Å². The van der Waals surface area contributed by atoms with Gasteiger partial charge in [0.15, 0.2) is 17.3 Å². The van der Waals surface area contributed by atoms with E-state index in [1.807, 2.05) is 42.5 Å². The third-order valence-electron chi connectivity index (χ3n) is 3.66. The predicted molar refractivity (Wildman–Crippen MR) is 75.0 cm³/mol. The number of benzene rings is 2. The summed E-state index contributed by atoms with van der Waals surface area (Å²) in [5.74, 6) is 1.48. The molecule has 20 heavy (non-hydrogen) atoms. The standard InChI is InChI=1S/C17H12O3/c18-17-13(6-11-4-2-1-3-5-11)7-12-8-15-16(9-14(12)17)20-10-19-15/h1-6,8-9H,7,10H2. The van der Waals surface area contributed by atoms with Gasteiger partial charge in [-0.2, -0.15) is 0 Å². The molecule has 0 amide bonds. The van der Waals surface area contributed by atoms with Gasteiger partial charge in [-0.25, -0.2) is 0 Å². The first kappa shape index (κ1) is 11.3. The molecule has 3 heteroatoms. The summed E-state index contributed by atoms with van der Waals surface area (Å²) in [6.45, 7) is 0.235. The van der Waals surface area contributed by atoms with Gasteiger partial charge in [0.25, 0.3) is 0 Å². The van der Waals surface area contributed by atoms with Crippen LogP contribution in [0.15, 0.2) is 48.0 Å². The monoisotopic (exact) mass is 264 g/mol. The van der Waals surface area contributed by atoms with E-state index in [-0.39, 0.29) is 12.6 Å². The third kappa shape index (κ3) is 1.71. The topological polar surface area (TPSA) is 35.5 Å². The first-order valence-electron chi connectivity index (χ1n) is 6.54. The van der Waals surface area contributed by atoms with Crippen molar-refractivity contribution < 1.29 is 14.3 Å². The van der Waals surface area contributed by atoms with Gasteiger partial charge in [0.1, 0.15) is 0 Å². The second-order valence-corrected chi connectivity index (χ2v) is 4.95. The zero-order valence-corrected chi connectivity index (χ0v) is 10.8. The summed E-state index contributed by atoms with van der Waals surface area (Å²) in [6, 6.07) is 13.6. The number of ketones is 1. The Bertz CT molecular complexity index is 729. The van der Waals surface area contributed by atoms with Crippen LogP contribution in [-0.4, -0.2) is 12.6 Å². The van der Waals surface area contributed by atoms with Gasteiger partial charge in [-0.15, -0.1) is 0 Å². The fraction of sp³-hybridized carbons (Fsp3) is 0.118. The van der Waals surface area contributed by atoms with Crippen LogP contribution in [0.2, 0.25) is 0 Å². The molecule has 0 N–H and O–H groups in total. The van der Waals surface area contributed by atoms with Crippen molar-refractivity contribution in [1.82, 2.24) is 0 Å². The van der Waals surface area contributed by atoms with Crippen LogP contribution in [0.4, 0.5) is 0 Å². The zero-order chi connectivity index (χ0) is 13.5. The Morgan fingerprint density at radius 2 is 1.75 bits per heavy atom. The summed E-state index contributed by atoms with van der Waals surface area (Å²) < 4.78 is 10.7. The smallest absolute Gasteiger partial charge is 0.231 e. The van der Waals surface area contributed by atoms with Crippen molar-refractivity contribution in [1.29, 1.82) is 0 Å². The summed E-state index contributed by atoms with van der Waals surface area (Å²) in [4.78, 5) is 12.4. The molecule has 98 valence electrons. The molecule has 0 bridgehead atoms. The van der Waals surface area contributed by atoms with E-state index in [4.69, 9.17) is 9.47 Å². The number of rotatable bonds is 1. The maximum atomic E-state index is 12.4. The third-order valence-corrected chi connectivity index (χ3v) is 3.66. The fourth-order valence-corrected chi connectivity index (χ4v) is 2.67. The molecule has 0 saturated heterocycles. The van der Waals surface area contributed by atoms with Gasteiger partial charge >= 0.3 is 0 Å². The van der Waals surface area contributed by atoms with E-state index in [9.17, 15) is 4.79 Å². The molecule has 0 saturated carbocycles. The number of ether oxygens (including phenoxy) is 2. The molecule has 4 rings (SSSR count). The maximum Gasteiger partial charge on any atom is 0.231 e. The first-order valence-corrected chi connectivity index (χ1v) is 6.54. The van der Waals surface area contributed by atoms with Crippen LogP contribution in [0.5, 0.6) is 11.5 Å². The van der Waals surface area contributed by atoms with Crippen LogP contribution in [0.25, 0.3) is 6.08 Å². The van der Waals surface area contributed by atoms with E-state index in [0.29, 0.717) is 12.2 Å². The lowest BCUT2D eigenvalue weighted by molar-refractivity contribution is 0.104. The Kier molecular flexibility index (Phi) is 2.39. The van der Waals surface area contributed by atoms with E-state index < -0.39 is 0 Å². The number of allylic oxidation sites excluding steroid dienone is 1. The molecule has 0 spiro atoms. The number of Topliss-reactive ketones (excluding diaryl/α,β-unsaturated/α-hetero) is 1. The minimum atomic E-state index is 0.0853. The molecule has 0 radical (unpaired) electrons. The van der Waals surface area contributed by atoms with Crippen LogP contribution >= 0.6 is 0 Å². The maximum absolute atomic E-state index is 12.4. The van der Waals surface area contributed by atoms with Crippen LogP contribution in [0.3, 0.4) is 0 Å². The Balaban J connectivity index is 1.74. The summed E-state index contributed by atoms with van der Waals surface area (Å²) >= 11 is 0. The Labute approximate surface area is 116 Å². The quantitative estimate of drug-likeness (QED) is 0.742. The SMILES string of the molecule is O=C1C(=Cc2ccccc2)Cc2cc3c(cc21)OCO3. The molecule has 0 fully saturated rings. The minimum Gasteiger partial charge on any atom is -0.454 e. The van der Waals surface area contributed by atoms with Crippen LogP contribution < -0.4 is 9.47 Å². The van der Waals surface area contributed by atoms with Crippen molar-refractivity contribution in [2.24, 2.45) is 0 Å². The average molecular weight is 264 g/mol. The summed E-state index contributed by atoms with van der Waals surface area (Å²) in [5, 5.41) is 0. The van der Waals surface area contributed by atoms with Crippen molar-refractivity contribution in [3.05, 3.63) is 64.7 Å². The number of carbonyl (C=O) groups excluding carboxylic acids is 1. The number of hydrogen-bond donors (Lipinski definition) is 0. The molecule has 1 aliphatic carbocycles. The van der Waals surface area contributed by atoms with Gasteiger partial charge in [-0.1, -0.05) is 30.3 Å². The van der Waals surface area contributed by atoms with Crippen LogP contribution in [0.1, 0.15) is 21.5 Å². The van der Waals surface area contributed by atoms with Gasteiger partial charge in [-0.3, -0.25) is 4.79 Å². The molecule has 0 unspecified atom stereocenters. The van der Waals surface area contributed by atoms with Gasteiger partial charge < -0.3 is 9.47 Å². The Morgan fingerprint density at radius 1 is 1.00 bits per heavy atom. The van der Waals surface area contributed by atoms with Gasteiger partial charge in [0, 0.05) is 17.6 Å². The molecule has 0 aromatic heterocycles. The minimum absolute atomic E-state index is 0.0853. The molecule has 2 aliphatic rings. The molecule has 1 heterocycles. The van der Waals surface area contributed by atoms with Crippen LogP contribution in [-0.2, 0) is 6.42 Å². The first-order chi connectivity index (χ1) is 9.81. The zero-order valence-electron chi connectivity index (χ0n) is 10.8. The number of hydrogen-bond acceptors (Lipinski definition) is 3. The van der Waals surface area contributed by atoms with Crippen LogP contribution in [0, 0.1) is 0 Å². The molecule has 2 aromatic rings. The average Bonchev–Trinajstić information content (AvgIpc) is 3.03. The molecular weight excluding hydrogens is 252 g/mol. The number of carbonyl (C=O) groups is 1. The number of fused-ring (bicyclic) bond motifs is 2. The molecule has 0 atom stereocenters. The molecule has 1 aliphatic heterocycles. The van der Waals surface area contributed by atoms with Gasteiger partial charge in [0.2, 0.25) is 6.79 Å². The lowest BCUT2D eigenvalue weighted by atomic mass is 10.1. The summed E-state index contributed by atoms with van der Waals surface area (Å²) in [7, 11) is 0. The molecule has 3 nitrogen and oxygen atoms in total. The van der Waals surface area contributed by atoms with E-state index in [1.165, 1.54) is 0 Å². The lowest BCUT2D eigenvalue weighted by Gasteiger charge is -1.99. The largest absolute Gasteiger partial charge is 0.454 e. The normalized spacial score (nSPS) is 17.6. The van der Waals surface area contributed by atoms with E-state index >= 15 is 0 Å².